The first kappa shape index (κ1) is 20.7. The van der Waals surface area contributed by atoms with Crippen molar-refractivity contribution in [1.29, 1.82) is 0 Å². The number of rotatable bonds is 4. The third-order valence-corrected chi connectivity index (χ3v) is 4.80. The van der Waals surface area contributed by atoms with Crippen molar-refractivity contribution >= 4 is 16.8 Å². The predicted molar refractivity (Wildman–Crippen MR) is 109 cm³/mol. The van der Waals surface area contributed by atoms with Crippen LogP contribution >= 0.6 is 0 Å². The lowest BCUT2D eigenvalue weighted by Gasteiger charge is -2.20. The van der Waals surface area contributed by atoms with Gasteiger partial charge < -0.3 is 5.32 Å². The van der Waals surface area contributed by atoms with Crippen molar-refractivity contribution in [3.05, 3.63) is 57.4 Å². The van der Waals surface area contributed by atoms with Gasteiger partial charge >= 0.3 is 0 Å². The molecular formula is C21H26FN5O2. The molecule has 0 spiro atoms. The maximum absolute atomic E-state index is 14.2. The quantitative estimate of drug-likeness (QED) is 0.731. The van der Waals surface area contributed by atoms with Gasteiger partial charge in [-0.05, 0) is 53.2 Å². The molecule has 3 rings (SSSR count). The summed E-state index contributed by atoms with van der Waals surface area (Å²) in [5.41, 5.74) is 1.44. The van der Waals surface area contributed by atoms with E-state index in [2.05, 4.69) is 15.5 Å². The van der Waals surface area contributed by atoms with Crippen molar-refractivity contribution in [2.75, 3.05) is 0 Å². The zero-order chi connectivity index (χ0) is 21.5. The van der Waals surface area contributed by atoms with Gasteiger partial charge in [0.25, 0.3) is 5.56 Å². The van der Waals surface area contributed by atoms with Crippen LogP contribution in [0.25, 0.3) is 10.9 Å². The normalized spacial score (nSPS) is 12.9. The fourth-order valence-corrected chi connectivity index (χ4v) is 3.32. The lowest BCUT2D eigenvalue weighted by Crippen LogP contribution is -2.37. The molecule has 0 aliphatic rings. The van der Waals surface area contributed by atoms with Crippen molar-refractivity contribution in [2.24, 2.45) is 0 Å². The maximum Gasteiger partial charge on any atom is 0.293 e. The van der Waals surface area contributed by atoms with Crippen molar-refractivity contribution in [3.8, 4) is 0 Å². The molecule has 0 bridgehead atoms. The Bertz CT molecular complexity index is 1140. The SMILES string of the molecule is Cc1ccc([C@H](C)NC(=O)Cn2nc(C)c3cnn(C(C)(C)C)c3c2=O)c(F)c1. The molecule has 1 amide bonds. The molecule has 2 heterocycles. The molecular weight excluding hydrogens is 373 g/mol. The first-order chi connectivity index (χ1) is 13.5. The number of halogens is 1. The number of amides is 1. The van der Waals surface area contributed by atoms with Crippen molar-refractivity contribution in [3.63, 3.8) is 0 Å². The summed E-state index contributed by atoms with van der Waals surface area (Å²) in [4.78, 5) is 25.5. The number of fused-ring (bicyclic) bond motifs is 1. The molecule has 154 valence electrons. The van der Waals surface area contributed by atoms with Gasteiger partial charge in [0.1, 0.15) is 17.9 Å². The van der Waals surface area contributed by atoms with Crippen molar-refractivity contribution in [1.82, 2.24) is 24.9 Å². The highest BCUT2D eigenvalue weighted by Gasteiger charge is 2.22. The van der Waals surface area contributed by atoms with E-state index in [-0.39, 0.29) is 17.9 Å². The zero-order valence-electron chi connectivity index (χ0n) is 17.6. The Morgan fingerprint density at radius 3 is 2.59 bits per heavy atom. The number of nitrogens with one attached hydrogen (secondary N) is 1. The summed E-state index contributed by atoms with van der Waals surface area (Å²) in [7, 11) is 0. The molecule has 0 aliphatic carbocycles. The number of aromatic nitrogens is 4. The van der Waals surface area contributed by atoms with E-state index in [1.165, 1.54) is 6.07 Å². The molecule has 0 aliphatic heterocycles. The van der Waals surface area contributed by atoms with E-state index >= 15 is 0 Å². The molecule has 2 aromatic heterocycles. The van der Waals surface area contributed by atoms with Crippen LogP contribution in [0.4, 0.5) is 4.39 Å². The van der Waals surface area contributed by atoms with Crippen LogP contribution in [0.15, 0.2) is 29.2 Å². The topological polar surface area (TPSA) is 81.8 Å². The van der Waals surface area contributed by atoms with Crippen LogP contribution in [0, 0.1) is 19.7 Å². The largest absolute Gasteiger partial charge is 0.348 e. The Kier molecular flexibility index (Phi) is 5.30. The highest BCUT2D eigenvalue weighted by atomic mass is 19.1. The molecule has 0 fully saturated rings. The fourth-order valence-electron chi connectivity index (χ4n) is 3.32. The van der Waals surface area contributed by atoms with Crippen LogP contribution < -0.4 is 10.9 Å². The Morgan fingerprint density at radius 1 is 1.28 bits per heavy atom. The van der Waals surface area contributed by atoms with Gasteiger partial charge in [-0.15, -0.1) is 0 Å². The molecule has 0 saturated heterocycles. The van der Waals surface area contributed by atoms with Crippen LogP contribution in [0.2, 0.25) is 0 Å². The lowest BCUT2D eigenvalue weighted by atomic mass is 10.1. The molecule has 0 unspecified atom stereocenters. The molecule has 0 saturated carbocycles. The third kappa shape index (κ3) is 4.06. The van der Waals surface area contributed by atoms with E-state index in [1.807, 2.05) is 20.8 Å². The monoisotopic (exact) mass is 399 g/mol. The van der Waals surface area contributed by atoms with Gasteiger partial charge in [-0.3, -0.25) is 14.3 Å². The summed E-state index contributed by atoms with van der Waals surface area (Å²) >= 11 is 0. The third-order valence-electron chi connectivity index (χ3n) is 4.80. The molecule has 1 atom stereocenters. The predicted octanol–water partition coefficient (Wildman–Crippen LogP) is 2.98. The first-order valence-electron chi connectivity index (χ1n) is 9.50. The average molecular weight is 399 g/mol. The van der Waals surface area contributed by atoms with E-state index in [0.717, 1.165) is 10.2 Å². The van der Waals surface area contributed by atoms with Crippen molar-refractivity contribution in [2.45, 2.75) is 59.7 Å². The first-order valence-corrected chi connectivity index (χ1v) is 9.50. The summed E-state index contributed by atoms with van der Waals surface area (Å²) < 4.78 is 16.9. The standard InChI is InChI=1S/C21H26FN5O2/c1-12-7-8-15(17(22)9-12)13(2)24-18(28)11-26-20(29)19-16(14(3)25-26)10-23-27(19)21(4,5)6/h7-10,13H,11H2,1-6H3,(H,24,28)/t13-/m0/s1. The van der Waals surface area contributed by atoms with Gasteiger partial charge in [0.15, 0.2) is 0 Å². The summed E-state index contributed by atoms with van der Waals surface area (Å²) in [6, 6.07) is 4.33. The van der Waals surface area contributed by atoms with Gasteiger partial charge in [0.05, 0.1) is 23.5 Å². The van der Waals surface area contributed by atoms with Crippen LogP contribution in [0.1, 0.15) is 50.6 Å². The Hall–Kier alpha value is -3.03. The number of benzene rings is 1. The number of carbonyl (C=O) groups is 1. The molecule has 0 radical (unpaired) electrons. The summed E-state index contributed by atoms with van der Waals surface area (Å²) in [5.74, 6) is -0.799. The fraction of sp³-hybridized carbons (Fsp3) is 0.429. The molecule has 3 aromatic rings. The van der Waals surface area contributed by atoms with E-state index in [4.69, 9.17) is 0 Å². The Balaban J connectivity index is 1.89. The summed E-state index contributed by atoms with van der Waals surface area (Å²) in [5, 5.41) is 12.0. The second kappa shape index (κ2) is 7.42. The van der Waals surface area contributed by atoms with Gasteiger partial charge in [-0.1, -0.05) is 12.1 Å². The second-order valence-corrected chi connectivity index (χ2v) is 8.35. The van der Waals surface area contributed by atoms with Crippen LogP contribution in [0.5, 0.6) is 0 Å². The minimum absolute atomic E-state index is 0.261. The zero-order valence-corrected chi connectivity index (χ0v) is 17.6. The molecule has 8 heteroatoms. The van der Waals surface area contributed by atoms with E-state index in [9.17, 15) is 14.0 Å². The van der Waals surface area contributed by atoms with E-state index < -0.39 is 17.5 Å². The Morgan fingerprint density at radius 2 is 1.97 bits per heavy atom. The molecule has 7 nitrogen and oxygen atoms in total. The number of hydrogen-bond donors (Lipinski definition) is 1. The minimum Gasteiger partial charge on any atom is -0.348 e. The van der Waals surface area contributed by atoms with Crippen molar-refractivity contribution < 1.29 is 9.18 Å². The molecule has 29 heavy (non-hydrogen) atoms. The number of aryl methyl sites for hydroxylation is 2. The lowest BCUT2D eigenvalue weighted by molar-refractivity contribution is -0.122. The van der Waals surface area contributed by atoms with E-state index in [1.54, 1.807) is 43.8 Å². The molecule has 1 aromatic carbocycles. The van der Waals surface area contributed by atoms with Gasteiger partial charge in [0, 0.05) is 10.9 Å². The Labute approximate surface area is 168 Å². The highest BCUT2D eigenvalue weighted by Crippen LogP contribution is 2.21. The average Bonchev–Trinajstić information content (AvgIpc) is 3.05. The second-order valence-electron chi connectivity index (χ2n) is 8.35. The summed E-state index contributed by atoms with van der Waals surface area (Å²) in [6.07, 6.45) is 1.62. The van der Waals surface area contributed by atoms with Crippen LogP contribution in [-0.4, -0.2) is 25.5 Å². The highest BCUT2D eigenvalue weighted by molar-refractivity contribution is 5.81. The van der Waals surface area contributed by atoms with E-state index in [0.29, 0.717) is 22.2 Å². The number of hydrogen-bond acceptors (Lipinski definition) is 4. The number of nitrogens with zero attached hydrogens (tertiary/aromatic N) is 4. The maximum atomic E-state index is 14.2. The molecule has 1 N–H and O–H groups in total. The van der Waals surface area contributed by atoms with Gasteiger partial charge in [0.2, 0.25) is 5.91 Å². The van der Waals surface area contributed by atoms with Crippen LogP contribution in [0.3, 0.4) is 0 Å². The minimum atomic E-state index is -0.538. The van der Waals surface area contributed by atoms with Gasteiger partial charge in [-0.2, -0.15) is 10.2 Å². The van der Waals surface area contributed by atoms with Crippen LogP contribution in [-0.2, 0) is 16.9 Å². The van der Waals surface area contributed by atoms with Gasteiger partial charge in [-0.25, -0.2) is 9.07 Å². The summed E-state index contributed by atoms with van der Waals surface area (Å²) in [6.45, 7) is 10.9. The number of carbonyl (C=O) groups excluding carboxylic acids is 1. The smallest absolute Gasteiger partial charge is 0.293 e.